The van der Waals surface area contributed by atoms with Gasteiger partial charge >= 0.3 is 5.97 Å². The molecule has 6 heteroatoms. The van der Waals surface area contributed by atoms with Crippen molar-refractivity contribution in [3.8, 4) is 5.75 Å². The number of methoxy groups -OCH3 is 1. The van der Waals surface area contributed by atoms with E-state index in [9.17, 15) is 9.59 Å². The molecule has 138 valence electrons. The Morgan fingerprint density at radius 1 is 1.04 bits per heavy atom. The van der Waals surface area contributed by atoms with Crippen LogP contribution in [0.25, 0.3) is 0 Å². The molecule has 0 amide bonds. The van der Waals surface area contributed by atoms with Gasteiger partial charge in [-0.25, -0.2) is 4.79 Å². The zero-order valence-corrected chi connectivity index (χ0v) is 15.5. The fourth-order valence-corrected chi connectivity index (χ4v) is 2.86. The van der Waals surface area contributed by atoms with Gasteiger partial charge < -0.3 is 14.0 Å². The fourth-order valence-electron chi connectivity index (χ4n) is 2.64. The topological polar surface area (TPSA) is 57.5 Å². The van der Waals surface area contributed by atoms with Crippen LogP contribution >= 0.6 is 11.6 Å². The summed E-state index contributed by atoms with van der Waals surface area (Å²) in [5.74, 6) is -0.252. The van der Waals surface area contributed by atoms with Crippen molar-refractivity contribution in [3.63, 3.8) is 0 Å². The maximum Gasteiger partial charge on any atom is 0.337 e. The van der Waals surface area contributed by atoms with Crippen molar-refractivity contribution in [2.45, 2.75) is 13.2 Å². The number of halogens is 1. The van der Waals surface area contributed by atoms with Gasteiger partial charge in [-0.15, -0.1) is 0 Å². The first kappa shape index (κ1) is 18.7. The number of rotatable bonds is 6. The van der Waals surface area contributed by atoms with Crippen molar-refractivity contribution >= 4 is 17.6 Å². The molecule has 0 atom stereocenters. The Labute approximate surface area is 161 Å². The second-order valence-electron chi connectivity index (χ2n) is 5.92. The first-order valence-electron chi connectivity index (χ1n) is 8.31. The number of carbonyl (C=O) groups excluding carboxylic acids is 1. The molecule has 3 rings (SSSR count). The van der Waals surface area contributed by atoms with E-state index in [1.54, 1.807) is 24.4 Å². The van der Waals surface area contributed by atoms with Crippen molar-refractivity contribution in [1.82, 2.24) is 4.57 Å². The first-order chi connectivity index (χ1) is 13.1. The Morgan fingerprint density at radius 2 is 1.78 bits per heavy atom. The Kier molecular flexibility index (Phi) is 5.94. The SMILES string of the molecule is COC(=O)c1cccc(Cn2cc(Cl)cc(OCc3ccccc3)c2=O)c1. The van der Waals surface area contributed by atoms with E-state index in [2.05, 4.69) is 0 Å². The first-order valence-corrected chi connectivity index (χ1v) is 8.68. The van der Waals surface area contributed by atoms with Crippen molar-refractivity contribution in [3.05, 3.63) is 98.9 Å². The van der Waals surface area contributed by atoms with Crippen LogP contribution in [0.2, 0.25) is 5.02 Å². The number of esters is 1. The monoisotopic (exact) mass is 383 g/mol. The van der Waals surface area contributed by atoms with Crippen LogP contribution in [0.3, 0.4) is 0 Å². The van der Waals surface area contributed by atoms with E-state index in [-0.39, 0.29) is 24.5 Å². The van der Waals surface area contributed by atoms with E-state index in [1.165, 1.54) is 17.7 Å². The van der Waals surface area contributed by atoms with E-state index < -0.39 is 5.97 Å². The molecule has 0 fully saturated rings. The maximum atomic E-state index is 12.7. The summed E-state index contributed by atoms with van der Waals surface area (Å²) >= 11 is 6.16. The number of carbonyl (C=O) groups is 1. The van der Waals surface area contributed by atoms with Crippen molar-refractivity contribution in [1.29, 1.82) is 0 Å². The Balaban J connectivity index is 1.83. The highest BCUT2D eigenvalue weighted by Crippen LogP contribution is 2.16. The van der Waals surface area contributed by atoms with Crippen LogP contribution in [-0.4, -0.2) is 17.6 Å². The number of nitrogens with zero attached hydrogens (tertiary/aromatic N) is 1. The summed E-state index contributed by atoms with van der Waals surface area (Å²) < 4.78 is 11.9. The Bertz CT molecular complexity index is 999. The van der Waals surface area contributed by atoms with Crippen LogP contribution < -0.4 is 10.3 Å². The van der Waals surface area contributed by atoms with E-state index in [1.807, 2.05) is 36.4 Å². The normalized spacial score (nSPS) is 10.4. The minimum atomic E-state index is -0.429. The van der Waals surface area contributed by atoms with Crippen LogP contribution in [0.4, 0.5) is 0 Å². The largest absolute Gasteiger partial charge is 0.483 e. The highest BCUT2D eigenvalue weighted by molar-refractivity contribution is 6.30. The molecule has 0 saturated carbocycles. The van der Waals surface area contributed by atoms with Gasteiger partial charge in [-0.05, 0) is 23.3 Å². The minimum Gasteiger partial charge on any atom is -0.483 e. The number of aromatic nitrogens is 1. The third kappa shape index (κ3) is 4.77. The molecule has 0 spiro atoms. The quantitative estimate of drug-likeness (QED) is 0.605. The van der Waals surface area contributed by atoms with Gasteiger partial charge in [0.2, 0.25) is 0 Å². The molecule has 2 aromatic carbocycles. The summed E-state index contributed by atoms with van der Waals surface area (Å²) in [5.41, 5.74) is 1.86. The standard InChI is InChI=1S/C21H18ClNO4/c1-26-21(25)17-9-5-8-16(10-17)12-23-13-18(22)11-19(20(23)24)27-14-15-6-3-2-4-7-15/h2-11,13H,12,14H2,1H3. The van der Waals surface area contributed by atoms with E-state index >= 15 is 0 Å². The van der Waals surface area contributed by atoms with Gasteiger partial charge in [0.15, 0.2) is 5.75 Å². The Morgan fingerprint density at radius 3 is 2.52 bits per heavy atom. The van der Waals surface area contributed by atoms with Gasteiger partial charge in [-0.1, -0.05) is 54.1 Å². The van der Waals surface area contributed by atoms with Gasteiger partial charge in [0, 0.05) is 12.3 Å². The van der Waals surface area contributed by atoms with Crippen LogP contribution in [0, 0.1) is 0 Å². The summed E-state index contributed by atoms with van der Waals surface area (Å²) in [4.78, 5) is 24.4. The maximum absolute atomic E-state index is 12.7. The molecule has 0 aliphatic carbocycles. The van der Waals surface area contributed by atoms with Crippen molar-refractivity contribution in [2.24, 2.45) is 0 Å². The van der Waals surface area contributed by atoms with Gasteiger partial charge in [-0.2, -0.15) is 0 Å². The third-order valence-corrected chi connectivity index (χ3v) is 4.16. The molecule has 0 aliphatic heterocycles. The Hall–Kier alpha value is -3.05. The molecule has 0 N–H and O–H groups in total. The second kappa shape index (κ2) is 8.56. The number of hydrogen-bond acceptors (Lipinski definition) is 4. The lowest BCUT2D eigenvalue weighted by Crippen LogP contribution is -2.22. The summed E-state index contributed by atoms with van der Waals surface area (Å²) in [7, 11) is 1.33. The average molecular weight is 384 g/mol. The molecule has 27 heavy (non-hydrogen) atoms. The predicted molar refractivity (Wildman–Crippen MR) is 103 cm³/mol. The summed E-state index contributed by atoms with van der Waals surface area (Å²) in [6.45, 7) is 0.528. The van der Waals surface area contributed by atoms with E-state index in [0.29, 0.717) is 10.6 Å². The van der Waals surface area contributed by atoms with Crippen LogP contribution in [-0.2, 0) is 17.9 Å². The number of benzene rings is 2. The van der Waals surface area contributed by atoms with Gasteiger partial charge in [-0.3, -0.25) is 4.79 Å². The summed E-state index contributed by atoms with van der Waals surface area (Å²) in [5, 5.41) is 0.391. The summed E-state index contributed by atoms with van der Waals surface area (Å²) in [6, 6.07) is 18.0. The highest BCUT2D eigenvalue weighted by atomic mass is 35.5. The molecule has 1 heterocycles. The highest BCUT2D eigenvalue weighted by Gasteiger charge is 2.10. The molecule has 0 bridgehead atoms. The van der Waals surface area contributed by atoms with Crippen molar-refractivity contribution < 1.29 is 14.3 Å². The van der Waals surface area contributed by atoms with E-state index in [0.717, 1.165) is 11.1 Å². The molecule has 1 aromatic heterocycles. The molecule has 5 nitrogen and oxygen atoms in total. The second-order valence-corrected chi connectivity index (χ2v) is 6.36. The van der Waals surface area contributed by atoms with Crippen LogP contribution in [0.1, 0.15) is 21.5 Å². The lowest BCUT2D eigenvalue weighted by Gasteiger charge is -2.11. The number of hydrogen-bond donors (Lipinski definition) is 0. The predicted octanol–water partition coefficient (Wildman–Crippen LogP) is 3.92. The van der Waals surface area contributed by atoms with E-state index in [4.69, 9.17) is 21.1 Å². The molecular formula is C21H18ClNO4. The smallest absolute Gasteiger partial charge is 0.337 e. The molecule has 0 saturated heterocycles. The average Bonchev–Trinajstić information content (AvgIpc) is 2.69. The molecule has 0 unspecified atom stereocenters. The van der Waals surface area contributed by atoms with Crippen LogP contribution in [0.15, 0.2) is 71.7 Å². The lowest BCUT2D eigenvalue weighted by molar-refractivity contribution is 0.0600. The zero-order chi connectivity index (χ0) is 19.2. The molecule has 0 aliphatic rings. The molecule has 3 aromatic rings. The zero-order valence-electron chi connectivity index (χ0n) is 14.7. The molecule has 0 radical (unpaired) electrons. The molecular weight excluding hydrogens is 366 g/mol. The van der Waals surface area contributed by atoms with Gasteiger partial charge in [0.25, 0.3) is 5.56 Å². The van der Waals surface area contributed by atoms with Crippen molar-refractivity contribution in [2.75, 3.05) is 7.11 Å². The third-order valence-electron chi connectivity index (χ3n) is 3.96. The van der Waals surface area contributed by atoms with Crippen LogP contribution in [0.5, 0.6) is 5.75 Å². The van der Waals surface area contributed by atoms with Gasteiger partial charge in [0.1, 0.15) is 6.61 Å². The summed E-state index contributed by atoms with van der Waals surface area (Å²) in [6.07, 6.45) is 1.55. The minimum absolute atomic E-state index is 0.176. The fraction of sp³-hybridized carbons (Fsp3) is 0.143. The number of pyridine rings is 1. The number of ether oxygens (including phenoxy) is 2. The lowest BCUT2D eigenvalue weighted by atomic mass is 10.1. The van der Waals surface area contributed by atoms with Gasteiger partial charge in [0.05, 0.1) is 24.2 Å².